The van der Waals surface area contributed by atoms with Gasteiger partial charge >= 0.3 is 11.9 Å². The Morgan fingerprint density at radius 1 is 1.22 bits per heavy atom. The molecule has 0 spiro atoms. The summed E-state index contributed by atoms with van der Waals surface area (Å²) in [7, 11) is 0. The number of aliphatic hydroxyl groups is 1. The smallest absolute Gasteiger partial charge is 0.378 e. The van der Waals surface area contributed by atoms with Crippen LogP contribution in [0.3, 0.4) is 0 Å². The number of carbonyl (C=O) groups excluding carboxylic acids is 2. The number of likely N-dealkylation sites (tertiary alicyclic amines) is 1. The number of hydrogen-bond donors (Lipinski definition) is 2. The lowest BCUT2D eigenvalue weighted by Crippen LogP contribution is -2.57. The summed E-state index contributed by atoms with van der Waals surface area (Å²) < 4.78 is 47.1. The number of aromatic nitrogens is 4. The highest BCUT2D eigenvalue weighted by Gasteiger charge is 2.38. The van der Waals surface area contributed by atoms with E-state index < -0.39 is 36.2 Å². The normalized spacial score (nSPS) is 14.1. The molecule has 4 heterocycles. The van der Waals surface area contributed by atoms with E-state index in [1.165, 1.54) is 34.1 Å². The minimum atomic E-state index is -3.77. The monoisotopic (exact) mass is 515 g/mol. The van der Waals surface area contributed by atoms with Crippen LogP contribution in [0, 0.1) is 11.7 Å². The number of halogens is 3. The minimum absolute atomic E-state index is 0.00610. The van der Waals surface area contributed by atoms with Crippen molar-refractivity contribution in [1.29, 1.82) is 0 Å². The summed E-state index contributed by atoms with van der Waals surface area (Å²) in [4.78, 5) is 32.2. The molecule has 11 nitrogen and oxygen atoms in total. The molecule has 192 valence electrons. The SMILES string of the molecule is NC(F)(F)c1nnc(-c2ccn3cc(CN(C(=O)C4CN(C(=O)CO)C4)c4cccc(F)c4)nc3c2)o1. The molecule has 0 unspecified atom stereocenters. The number of amides is 2. The first-order valence-electron chi connectivity index (χ1n) is 11.1. The zero-order valence-electron chi connectivity index (χ0n) is 19.1. The second-order valence-corrected chi connectivity index (χ2v) is 8.51. The topological polar surface area (TPSA) is 143 Å². The van der Waals surface area contributed by atoms with E-state index in [0.29, 0.717) is 22.6 Å². The van der Waals surface area contributed by atoms with E-state index in [0.717, 1.165) is 0 Å². The molecule has 4 aromatic rings. The molecule has 3 N–H and O–H groups in total. The minimum Gasteiger partial charge on any atom is -0.414 e. The van der Waals surface area contributed by atoms with Gasteiger partial charge in [-0.1, -0.05) is 6.07 Å². The van der Waals surface area contributed by atoms with E-state index in [9.17, 15) is 22.8 Å². The first-order chi connectivity index (χ1) is 17.6. The highest BCUT2D eigenvalue weighted by Crippen LogP contribution is 2.27. The molecule has 1 aromatic carbocycles. The van der Waals surface area contributed by atoms with Crippen molar-refractivity contribution in [2.24, 2.45) is 11.7 Å². The van der Waals surface area contributed by atoms with E-state index in [1.807, 2.05) is 0 Å². The predicted octanol–water partition coefficient (Wildman–Crippen LogP) is 1.52. The molecular formula is C23H20F3N7O4. The number of anilines is 1. The first kappa shape index (κ1) is 24.4. The van der Waals surface area contributed by atoms with Crippen molar-refractivity contribution >= 4 is 23.1 Å². The summed E-state index contributed by atoms with van der Waals surface area (Å²) in [6.45, 7) is -0.357. The number of imidazole rings is 1. The van der Waals surface area contributed by atoms with Crippen LogP contribution in [0.25, 0.3) is 17.1 Å². The zero-order valence-corrected chi connectivity index (χ0v) is 19.1. The third kappa shape index (κ3) is 4.88. The summed E-state index contributed by atoms with van der Waals surface area (Å²) in [5, 5.41) is 15.9. The summed E-state index contributed by atoms with van der Waals surface area (Å²) in [6.07, 6.45) is 3.26. The average Bonchev–Trinajstić information content (AvgIpc) is 3.48. The van der Waals surface area contributed by atoms with Crippen LogP contribution in [0.1, 0.15) is 11.6 Å². The van der Waals surface area contributed by atoms with Crippen LogP contribution in [-0.2, 0) is 22.2 Å². The summed E-state index contributed by atoms with van der Waals surface area (Å²) in [5.74, 6) is -3.04. The third-order valence-electron chi connectivity index (χ3n) is 5.89. The molecule has 37 heavy (non-hydrogen) atoms. The molecule has 1 aliphatic heterocycles. The fourth-order valence-corrected chi connectivity index (χ4v) is 3.98. The van der Waals surface area contributed by atoms with Crippen molar-refractivity contribution in [3.05, 3.63) is 66.2 Å². The second kappa shape index (κ2) is 9.29. The molecule has 0 atom stereocenters. The van der Waals surface area contributed by atoms with Crippen molar-refractivity contribution in [2.45, 2.75) is 12.6 Å². The van der Waals surface area contributed by atoms with Gasteiger partial charge in [-0.3, -0.25) is 15.3 Å². The molecule has 0 saturated carbocycles. The van der Waals surface area contributed by atoms with Crippen LogP contribution in [0.15, 0.2) is 53.2 Å². The van der Waals surface area contributed by atoms with Crippen LogP contribution in [-0.4, -0.2) is 61.1 Å². The number of benzene rings is 1. The molecule has 1 saturated heterocycles. The molecule has 1 aliphatic rings. The maximum Gasteiger partial charge on any atom is 0.378 e. The Morgan fingerprint density at radius 2 is 2.00 bits per heavy atom. The molecule has 0 radical (unpaired) electrons. The Bertz CT molecular complexity index is 1480. The van der Waals surface area contributed by atoms with E-state index >= 15 is 0 Å². The van der Waals surface area contributed by atoms with Crippen molar-refractivity contribution in [3.63, 3.8) is 0 Å². The van der Waals surface area contributed by atoms with E-state index in [4.69, 9.17) is 15.3 Å². The van der Waals surface area contributed by atoms with Gasteiger partial charge in [0.15, 0.2) is 0 Å². The van der Waals surface area contributed by atoms with Crippen LogP contribution in [0.2, 0.25) is 0 Å². The highest BCUT2D eigenvalue weighted by molar-refractivity contribution is 5.96. The summed E-state index contributed by atoms with van der Waals surface area (Å²) >= 11 is 0. The molecule has 1 fully saturated rings. The number of fused-ring (bicyclic) bond motifs is 1. The standard InChI is InChI=1S/C23H20F3N7O4/c24-15-2-1-3-17(7-15)33(21(36)14-8-32(9-14)19(35)12-34)11-16-10-31-5-4-13(6-18(31)28-16)20-29-30-22(37-20)23(25,26)27/h1-7,10,14,34H,8-9,11-12,27H2. The Hall–Kier alpha value is -4.30. The van der Waals surface area contributed by atoms with Gasteiger partial charge in [-0.15, -0.1) is 10.2 Å². The lowest BCUT2D eigenvalue weighted by atomic mass is 9.97. The van der Waals surface area contributed by atoms with Gasteiger partial charge in [0.2, 0.25) is 17.7 Å². The molecule has 3 aromatic heterocycles. The molecule has 0 aliphatic carbocycles. The molecule has 0 bridgehead atoms. The Balaban J connectivity index is 1.41. The molecule has 5 rings (SSSR count). The van der Waals surface area contributed by atoms with Gasteiger partial charge in [0.05, 0.1) is 18.2 Å². The number of rotatable bonds is 7. The number of pyridine rings is 1. The van der Waals surface area contributed by atoms with Crippen LogP contribution >= 0.6 is 0 Å². The van der Waals surface area contributed by atoms with E-state index in [1.54, 1.807) is 28.9 Å². The second-order valence-electron chi connectivity index (χ2n) is 8.51. The Labute approximate surface area is 206 Å². The van der Waals surface area contributed by atoms with Crippen LogP contribution in [0.5, 0.6) is 0 Å². The number of hydrogen-bond acceptors (Lipinski definition) is 8. The lowest BCUT2D eigenvalue weighted by Gasteiger charge is -2.40. The van der Waals surface area contributed by atoms with Crippen molar-refractivity contribution in [3.8, 4) is 11.5 Å². The van der Waals surface area contributed by atoms with Crippen LogP contribution in [0.4, 0.5) is 18.9 Å². The molecular weight excluding hydrogens is 495 g/mol. The van der Waals surface area contributed by atoms with Gasteiger partial charge in [0.25, 0.3) is 0 Å². The van der Waals surface area contributed by atoms with Gasteiger partial charge in [-0.25, -0.2) is 9.37 Å². The summed E-state index contributed by atoms with van der Waals surface area (Å²) in [6, 6.07) is 4.87. The zero-order chi connectivity index (χ0) is 26.3. The van der Waals surface area contributed by atoms with E-state index in [2.05, 4.69) is 15.2 Å². The number of nitrogens with two attached hydrogens (primary N) is 1. The van der Waals surface area contributed by atoms with Crippen molar-refractivity contribution < 1.29 is 32.3 Å². The predicted molar refractivity (Wildman–Crippen MR) is 121 cm³/mol. The largest absolute Gasteiger partial charge is 0.414 e. The van der Waals surface area contributed by atoms with Gasteiger partial charge in [-0.2, -0.15) is 8.78 Å². The average molecular weight is 515 g/mol. The first-order valence-corrected chi connectivity index (χ1v) is 11.1. The number of aliphatic hydroxyl groups excluding tert-OH is 1. The van der Waals surface area contributed by atoms with Crippen molar-refractivity contribution in [1.82, 2.24) is 24.5 Å². The Morgan fingerprint density at radius 3 is 2.68 bits per heavy atom. The molecule has 14 heteroatoms. The Kier molecular flexibility index (Phi) is 6.13. The van der Waals surface area contributed by atoms with E-state index in [-0.39, 0.29) is 31.4 Å². The van der Waals surface area contributed by atoms with Gasteiger partial charge in [0, 0.05) is 36.7 Å². The van der Waals surface area contributed by atoms with Gasteiger partial charge in [-0.05, 0) is 30.3 Å². The lowest BCUT2D eigenvalue weighted by molar-refractivity contribution is -0.144. The number of alkyl halides is 2. The molecule has 2 amide bonds. The van der Waals surface area contributed by atoms with Crippen LogP contribution < -0.4 is 10.6 Å². The quantitative estimate of drug-likeness (QED) is 0.353. The fraction of sp³-hybridized carbons (Fsp3) is 0.261. The third-order valence-corrected chi connectivity index (χ3v) is 5.89. The number of nitrogens with zero attached hydrogens (tertiary/aromatic N) is 6. The maximum absolute atomic E-state index is 14.0. The fourth-order valence-electron chi connectivity index (χ4n) is 3.98. The maximum atomic E-state index is 14.0. The number of carbonyl (C=O) groups is 2. The van der Waals surface area contributed by atoms with Crippen molar-refractivity contribution in [2.75, 3.05) is 24.6 Å². The highest BCUT2D eigenvalue weighted by atomic mass is 19.3. The van der Waals surface area contributed by atoms with Gasteiger partial charge < -0.3 is 23.7 Å². The van der Waals surface area contributed by atoms with Gasteiger partial charge in [0.1, 0.15) is 18.1 Å². The summed E-state index contributed by atoms with van der Waals surface area (Å²) in [5.41, 5.74) is 6.21.